The summed E-state index contributed by atoms with van der Waals surface area (Å²) in [4.78, 5) is 16.8. The Balaban J connectivity index is 1.22. The largest absolute Gasteiger partial charge is 0.454 e. The van der Waals surface area contributed by atoms with Crippen molar-refractivity contribution in [3.8, 4) is 17.6 Å². The highest BCUT2D eigenvalue weighted by atomic mass is 16.7. The standard InChI is InChI=1S/C21H22N4O3/c22-12-16-1-4-18(5-2-16)23-21(26)14-25-9-7-24(8-10-25)13-17-3-6-19-20(11-17)28-15-27-19/h1-6,11H,7-10,13-15H2,(H,23,26). The van der Waals surface area contributed by atoms with Crippen molar-refractivity contribution in [2.75, 3.05) is 44.8 Å². The topological polar surface area (TPSA) is 77.8 Å². The van der Waals surface area contributed by atoms with Crippen LogP contribution in [-0.4, -0.2) is 55.2 Å². The van der Waals surface area contributed by atoms with Crippen molar-refractivity contribution in [3.63, 3.8) is 0 Å². The van der Waals surface area contributed by atoms with Gasteiger partial charge in [0.25, 0.3) is 0 Å². The molecular weight excluding hydrogens is 356 g/mol. The van der Waals surface area contributed by atoms with Crippen LogP contribution in [0.1, 0.15) is 11.1 Å². The molecule has 0 atom stereocenters. The molecule has 7 heteroatoms. The van der Waals surface area contributed by atoms with E-state index in [1.165, 1.54) is 5.56 Å². The molecule has 0 aromatic heterocycles. The van der Waals surface area contributed by atoms with Gasteiger partial charge in [-0.3, -0.25) is 14.6 Å². The number of ether oxygens (including phenoxy) is 2. The van der Waals surface area contributed by atoms with Crippen LogP contribution >= 0.6 is 0 Å². The summed E-state index contributed by atoms with van der Waals surface area (Å²) in [6.45, 7) is 5.07. The van der Waals surface area contributed by atoms with Crippen molar-refractivity contribution in [2.24, 2.45) is 0 Å². The van der Waals surface area contributed by atoms with Crippen LogP contribution in [0, 0.1) is 11.3 Å². The van der Waals surface area contributed by atoms with Crippen molar-refractivity contribution in [1.29, 1.82) is 5.26 Å². The van der Waals surface area contributed by atoms with E-state index in [1.54, 1.807) is 24.3 Å². The summed E-state index contributed by atoms with van der Waals surface area (Å²) < 4.78 is 10.8. The van der Waals surface area contributed by atoms with E-state index in [0.717, 1.165) is 44.2 Å². The molecule has 144 valence electrons. The molecular formula is C21H22N4O3. The molecule has 4 rings (SSSR count). The molecule has 0 radical (unpaired) electrons. The molecule has 2 aliphatic heterocycles. The second kappa shape index (κ2) is 8.30. The Morgan fingerprint density at radius 2 is 1.71 bits per heavy atom. The molecule has 0 saturated carbocycles. The quantitative estimate of drug-likeness (QED) is 0.858. The maximum Gasteiger partial charge on any atom is 0.238 e. The molecule has 0 unspecified atom stereocenters. The number of carbonyl (C=O) groups excluding carboxylic acids is 1. The lowest BCUT2D eigenvalue weighted by Gasteiger charge is -2.34. The molecule has 0 aliphatic carbocycles. The lowest BCUT2D eigenvalue weighted by Crippen LogP contribution is -2.48. The smallest absolute Gasteiger partial charge is 0.238 e. The summed E-state index contributed by atoms with van der Waals surface area (Å²) >= 11 is 0. The van der Waals surface area contributed by atoms with Crippen LogP contribution in [0.25, 0.3) is 0 Å². The molecule has 0 bridgehead atoms. The number of nitrogens with zero attached hydrogens (tertiary/aromatic N) is 3. The zero-order valence-electron chi connectivity index (χ0n) is 15.6. The van der Waals surface area contributed by atoms with Gasteiger partial charge in [0.1, 0.15) is 0 Å². The van der Waals surface area contributed by atoms with Crippen LogP contribution in [0.3, 0.4) is 0 Å². The van der Waals surface area contributed by atoms with Crippen molar-refractivity contribution in [2.45, 2.75) is 6.54 Å². The maximum absolute atomic E-state index is 12.3. The van der Waals surface area contributed by atoms with Gasteiger partial charge in [0, 0.05) is 38.4 Å². The normalized spacial score (nSPS) is 16.5. The van der Waals surface area contributed by atoms with Gasteiger partial charge >= 0.3 is 0 Å². The minimum absolute atomic E-state index is 0.0334. The molecule has 1 saturated heterocycles. The zero-order chi connectivity index (χ0) is 19.3. The number of rotatable bonds is 5. The SMILES string of the molecule is N#Cc1ccc(NC(=O)CN2CCN(Cc3ccc4c(c3)OCO4)CC2)cc1. The van der Waals surface area contributed by atoms with Gasteiger partial charge in [-0.15, -0.1) is 0 Å². The summed E-state index contributed by atoms with van der Waals surface area (Å²) in [6.07, 6.45) is 0. The third-order valence-electron chi connectivity index (χ3n) is 4.97. The summed E-state index contributed by atoms with van der Waals surface area (Å²) in [6, 6.07) is 15.0. The number of hydrogen-bond donors (Lipinski definition) is 1. The third kappa shape index (κ3) is 4.42. The van der Waals surface area contributed by atoms with E-state index < -0.39 is 0 Å². The molecule has 2 aromatic carbocycles. The Kier molecular flexibility index (Phi) is 5.42. The summed E-state index contributed by atoms with van der Waals surface area (Å²) in [5.41, 5.74) is 2.50. The van der Waals surface area contributed by atoms with Crippen LogP contribution < -0.4 is 14.8 Å². The highest BCUT2D eigenvalue weighted by Crippen LogP contribution is 2.32. The van der Waals surface area contributed by atoms with E-state index in [1.807, 2.05) is 12.1 Å². The summed E-state index contributed by atoms with van der Waals surface area (Å²) in [5, 5.41) is 11.7. The molecule has 2 heterocycles. The van der Waals surface area contributed by atoms with Gasteiger partial charge in [-0.25, -0.2) is 0 Å². The Bertz CT molecular complexity index is 884. The fraction of sp³-hybridized carbons (Fsp3) is 0.333. The van der Waals surface area contributed by atoms with Crippen LogP contribution in [-0.2, 0) is 11.3 Å². The number of nitriles is 1. The first-order valence-electron chi connectivity index (χ1n) is 9.33. The molecule has 28 heavy (non-hydrogen) atoms. The van der Waals surface area contributed by atoms with Gasteiger partial charge in [-0.2, -0.15) is 5.26 Å². The van der Waals surface area contributed by atoms with Crippen LogP contribution in [0.15, 0.2) is 42.5 Å². The second-order valence-electron chi connectivity index (χ2n) is 6.98. The minimum Gasteiger partial charge on any atom is -0.454 e. The van der Waals surface area contributed by atoms with Gasteiger partial charge in [0.05, 0.1) is 18.2 Å². The van der Waals surface area contributed by atoms with Gasteiger partial charge in [-0.05, 0) is 42.0 Å². The minimum atomic E-state index is -0.0334. The average molecular weight is 378 g/mol. The average Bonchev–Trinajstić information content (AvgIpc) is 3.18. The Hall–Kier alpha value is -3.08. The Morgan fingerprint density at radius 3 is 2.46 bits per heavy atom. The van der Waals surface area contributed by atoms with Crippen molar-refractivity contribution in [3.05, 3.63) is 53.6 Å². The van der Waals surface area contributed by atoms with Gasteiger partial charge in [0.15, 0.2) is 11.5 Å². The first-order valence-corrected chi connectivity index (χ1v) is 9.33. The second-order valence-corrected chi connectivity index (χ2v) is 6.98. The van der Waals surface area contributed by atoms with E-state index in [9.17, 15) is 4.79 Å². The number of nitrogens with one attached hydrogen (secondary N) is 1. The number of fused-ring (bicyclic) bond motifs is 1. The van der Waals surface area contributed by atoms with E-state index in [0.29, 0.717) is 24.6 Å². The highest BCUT2D eigenvalue weighted by Gasteiger charge is 2.20. The van der Waals surface area contributed by atoms with Crippen LogP contribution in [0.2, 0.25) is 0 Å². The molecule has 1 fully saturated rings. The summed E-state index contributed by atoms with van der Waals surface area (Å²) in [7, 11) is 0. The fourth-order valence-corrected chi connectivity index (χ4v) is 3.43. The molecule has 7 nitrogen and oxygen atoms in total. The van der Waals surface area contributed by atoms with Crippen LogP contribution in [0.5, 0.6) is 11.5 Å². The molecule has 1 amide bonds. The van der Waals surface area contributed by atoms with E-state index in [2.05, 4.69) is 27.3 Å². The van der Waals surface area contributed by atoms with Gasteiger partial charge < -0.3 is 14.8 Å². The number of carbonyl (C=O) groups is 1. The predicted molar refractivity (Wildman–Crippen MR) is 104 cm³/mol. The number of anilines is 1. The first-order chi connectivity index (χ1) is 13.7. The number of benzene rings is 2. The highest BCUT2D eigenvalue weighted by molar-refractivity contribution is 5.92. The first kappa shape index (κ1) is 18.3. The van der Waals surface area contributed by atoms with E-state index >= 15 is 0 Å². The lowest BCUT2D eigenvalue weighted by molar-refractivity contribution is -0.117. The fourth-order valence-electron chi connectivity index (χ4n) is 3.43. The molecule has 2 aromatic rings. The number of piperazine rings is 1. The van der Waals surface area contributed by atoms with Crippen molar-refractivity contribution < 1.29 is 14.3 Å². The van der Waals surface area contributed by atoms with Gasteiger partial charge in [-0.1, -0.05) is 6.07 Å². The van der Waals surface area contributed by atoms with Crippen LogP contribution in [0.4, 0.5) is 5.69 Å². The molecule has 1 N–H and O–H groups in total. The number of amides is 1. The molecule has 2 aliphatic rings. The molecule has 0 spiro atoms. The Labute approximate surface area is 164 Å². The Morgan fingerprint density at radius 1 is 1.00 bits per heavy atom. The lowest BCUT2D eigenvalue weighted by atomic mass is 10.1. The van der Waals surface area contributed by atoms with Crippen molar-refractivity contribution >= 4 is 11.6 Å². The third-order valence-corrected chi connectivity index (χ3v) is 4.97. The van der Waals surface area contributed by atoms with Gasteiger partial charge in [0.2, 0.25) is 12.7 Å². The number of hydrogen-bond acceptors (Lipinski definition) is 6. The summed E-state index contributed by atoms with van der Waals surface area (Å²) in [5.74, 6) is 1.59. The maximum atomic E-state index is 12.3. The zero-order valence-corrected chi connectivity index (χ0v) is 15.6. The predicted octanol–water partition coefficient (Wildman–Crippen LogP) is 2.04. The van der Waals surface area contributed by atoms with Crippen molar-refractivity contribution in [1.82, 2.24) is 9.80 Å². The van der Waals surface area contributed by atoms with E-state index in [4.69, 9.17) is 14.7 Å². The monoisotopic (exact) mass is 378 g/mol. The van der Waals surface area contributed by atoms with E-state index in [-0.39, 0.29) is 5.91 Å².